The Bertz CT molecular complexity index is 460. The van der Waals surface area contributed by atoms with Crippen LogP contribution in [0.4, 0.5) is 0 Å². The summed E-state index contributed by atoms with van der Waals surface area (Å²) in [7, 11) is 0. The molecule has 0 radical (unpaired) electrons. The van der Waals surface area contributed by atoms with Crippen molar-refractivity contribution in [3.8, 4) is 5.75 Å². The zero-order valence-electron chi connectivity index (χ0n) is 18.3. The molecule has 0 heterocycles. The summed E-state index contributed by atoms with van der Waals surface area (Å²) in [5.74, 6) is 1.37. The normalized spacial score (nSPS) is 12.4. The Labute approximate surface area is 163 Å². The standard InChI is InChI=1S/C7H8O.C7H14.C7H8.2C2H6/c1-6-2-4-7(8)5-3-6;2*1-7-5-3-2-4-6-7;2*1-2/h2-5,8H,1H3;7H,2-6H2,1H3;2-6H,1H3;2*1-2H3. The maximum absolute atomic E-state index is 8.76. The van der Waals surface area contributed by atoms with Crippen molar-refractivity contribution >= 4 is 0 Å². The Morgan fingerprint density at radius 2 is 1.08 bits per heavy atom. The van der Waals surface area contributed by atoms with E-state index in [0.29, 0.717) is 5.75 Å². The van der Waals surface area contributed by atoms with Crippen LogP contribution >= 0.6 is 0 Å². The number of benzene rings is 2. The van der Waals surface area contributed by atoms with Crippen molar-refractivity contribution in [3.63, 3.8) is 0 Å². The molecule has 3 rings (SSSR count). The first kappa shape index (κ1) is 26.5. The van der Waals surface area contributed by atoms with Crippen LogP contribution in [0.15, 0.2) is 54.6 Å². The van der Waals surface area contributed by atoms with Crippen molar-refractivity contribution in [2.75, 3.05) is 0 Å². The van der Waals surface area contributed by atoms with Gasteiger partial charge in [0.05, 0.1) is 0 Å². The van der Waals surface area contributed by atoms with E-state index >= 15 is 0 Å². The van der Waals surface area contributed by atoms with E-state index in [1.54, 1.807) is 12.1 Å². The molecule has 0 aliphatic heterocycles. The molecule has 0 saturated heterocycles. The van der Waals surface area contributed by atoms with E-state index < -0.39 is 0 Å². The predicted octanol–water partition coefficient (Wildman–Crippen LogP) is 8.33. The Balaban J connectivity index is 0. The summed E-state index contributed by atoms with van der Waals surface area (Å²) in [5, 5.41) is 8.76. The molecule has 2 aromatic rings. The maximum atomic E-state index is 8.76. The van der Waals surface area contributed by atoms with Gasteiger partial charge in [0.25, 0.3) is 0 Å². The molecule has 0 amide bonds. The predicted molar refractivity (Wildman–Crippen MR) is 119 cm³/mol. The zero-order valence-corrected chi connectivity index (χ0v) is 18.3. The minimum Gasteiger partial charge on any atom is -0.508 e. The monoisotopic (exact) mass is 358 g/mol. The third-order valence-electron chi connectivity index (χ3n) is 3.87. The molecule has 1 heteroatoms. The van der Waals surface area contributed by atoms with Crippen LogP contribution in [0.5, 0.6) is 5.75 Å². The quantitative estimate of drug-likeness (QED) is 0.501. The van der Waals surface area contributed by atoms with Gasteiger partial charge in [0.1, 0.15) is 5.75 Å². The van der Waals surface area contributed by atoms with Gasteiger partial charge in [-0.15, -0.1) is 0 Å². The van der Waals surface area contributed by atoms with Crippen molar-refractivity contribution < 1.29 is 5.11 Å². The second kappa shape index (κ2) is 19.6. The molecular formula is C25H42O. The largest absolute Gasteiger partial charge is 0.508 e. The summed E-state index contributed by atoms with van der Waals surface area (Å²) >= 11 is 0. The molecule has 1 aliphatic carbocycles. The van der Waals surface area contributed by atoms with E-state index in [1.165, 1.54) is 43.2 Å². The fourth-order valence-corrected chi connectivity index (χ4v) is 2.39. The van der Waals surface area contributed by atoms with Gasteiger partial charge in [-0.3, -0.25) is 0 Å². The molecule has 148 valence electrons. The molecule has 26 heavy (non-hydrogen) atoms. The third-order valence-corrected chi connectivity index (χ3v) is 3.87. The molecule has 1 saturated carbocycles. The van der Waals surface area contributed by atoms with E-state index in [4.69, 9.17) is 5.11 Å². The molecule has 2 aromatic carbocycles. The van der Waals surface area contributed by atoms with Crippen LogP contribution in [0.2, 0.25) is 0 Å². The van der Waals surface area contributed by atoms with Gasteiger partial charge in [0.15, 0.2) is 0 Å². The lowest BCUT2D eigenvalue weighted by atomic mass is 9.91. The molecule has 0 atom stereocenters. The van der Waals surface area contributed by atoms with E-state index in [2.05, 4.69) is 26.0 Å². The Kier molecular flexibility index (Phi) is 19.9. The average molecular weight is 359 g/mol. The maximum Gasteiger partial charge on any atom is 0.115 e. The van der Waals surface area contributed by atoms with Gasteiger partial charge >= 0.3 is 0 Å². The van der Waals surface area contributed by atoms with Gasteiger partial charge < -0.3 is 5.11 Å². The van der Waals surface area contributed by atoms with Gasteiger partial charge in [-0.1, -0.05) is 120 Å². The highest BCUT2D eigenvalue weighted by molar-refractivity contribution is 5.24. The third kappa shape index (κ3) is 17.1. The van der Waals surface area contributed by atoms with Gasteiger partial charge in [-0.05, 0) is 31.9 Å². The van der Waals surface area contributed by atoms with Crippen LogP contribution in [0.1, 0.15) is 77.8 Å². The van der Waals surface area contributed by atoms with Crippen LogP contribution < -0.4 is 0 Å². The van der Waals surface area contributed by atoms with Gasteiger partial charge in [-0.2, -0.15) is 0 Å². The lowest BCUT2D eigenvalue weighted by Gasteiger charge is -2.15. The number of rotatable bonds is 0. The number of phenols is 1. The van der Waals surface area contributed by atoms with Crippen LogP contribution in [0, 0.1) is 19.8 Å². The minimum atomic E-state index is 0.329. The summed E-state index contributed by atoms with van der Waals surface area (Å²) in [6.45, 7) is 14.4. The molecule has 1 aliphatic rings. The Hall–Kier alpha value is -1.76. The number of aromatic hydroxyl groups is 1. The fourth-order valence-electron chi connectivity index (χ4n) is 2.39. The summed E-state index contributed by atoms with van der Waals surface area (Å²) < 4.78 is 0. The van der Waals surface area contributed by atoms with Crippen LogP contribution in [0.25, 0.3) is 0 Å². The van der Waals surface area contributed by atoms with Crippen LogP contribution in [-0.2, 0) is 0 Å². The van der Waals surface area contributed by atoms with Crippen LogP contribution in [0.3, 0.4) is 0 Å². The number of phenolic OH excluding ortho intramolecular Hbond substituents is 1. The van der Waals surface area contributed by atoms with Crippen molar-refractivity contribution in [2.45, 2.75) is 80.6 Å². The number of hydrogen-bond donors (Lipinski definition) is 1. The molecule has 0 bridgehead atoms. The van der Waals surface area contributed by atoms with E-state index in [1.807, 2.05) is 65.0 Å². The van der Waals surface area contributed by atoms with Crippen molar-refractivity contribution in [2.24, 2.45) is 5.92 Å². The SMILES string of the molecule is CC.CC.CC1CCCCC1.Cc1ccc(O)cc1.Cc1ccccc1. The number of aryl methyl sites for hydroxylation is 2. The molecule has 1 N–H and O–H groups in total. The average Bonchev–Trinajstić information content (AvgIpc) is 2.70. The first-order valence-corrected chi connectivity index (χ1v) is 10.3. The van der Waals surface area contributed by atoms with Gasteiger partial charge in [0, 0.05) is 0 Å². The van der Waals surface area contributed by atoms with Crippen LogP contribution in [-0.4, -0.2) is 5.11 Å². The molecule has 1 nitrogen and oxygen atoms in total. The van der Waals surface area contributed by atoms with Gasteiger partial charge in [-0.25, -0.2) is 0 Å². The lowest BCUT2D eigenvalue weighted by molar-refractivity contribution is 0.385. The van der Waals surface area contributed by atoms with E-state index in [9.17, 15) is 0 Å². The Morgan fingerprint density at radius 3 is 1.35 bits per heavy atom. The van der Waals surface area contributed by atoms with Crippen molar-refractivity contribution in [1.29, 1.82) is 0 Å². The summed E-state index contributed by atoms with van der Waals surface area (Å²) in [6.07, 6.45) is 7.44. The smallest absolute Gasteiger partial charge is 0.115 e. The first-order valence-electron chi connectivity index (χ1n) is 10.3. The molecule has 1 fully saturated rings. The highest BCUT2D eigenvalue weighted by atomic mass is 16.3. The van der Waals surface area contributed by atoms with E-state index in [0.717, 1.165) is 5.92 Å². The molecule has 0 unspecified atom stereocenters. The lowest BCUT2D eigenvalue weighted by Crippen LogP contribution is -1.99. The first-order chi connectivity index (χ1) is 12.6. The second-order valence-corrected chi connectivity index (χ2v) is 6.23. The van der Waals surface area contributed by atoms with E-state index in [-0.39, 0.29) is 0 Å². The summed E-state index contributed by atoms with van der Waals surface area (Å²) in [6, 6.07) is 17.4. The fraction of sp³-hybridized carbons (Fsp3) is 0.520. The zero-order chi connectivity index (χ0) is 20.2. The van der Waals surface area contributed by atoms with Crippen molar-refractivity contribution in [3.05, 3.63) is 65.7 Å². The highest BCUT2D eigenvalue weighted by Gasteiger charge is 2.05. The molecule has 0 spiro atoms. The van der Waals surface area contributed by atoms with Gasteiger partial charge in [0.2, 0.25) is 0 Å². The summed E-state index contributed by atoms with van der Waals surface area (Å²) in [5.41, 5.74) is 2.49. The minimum absolute atomic E-state index is 0.329. The highest BCUT2D eigenvalue weighted by Crippen LogP contribution is 2.22. The topological polar surface area (TPSA) is 20.2 Å². The second-order valence-electron chi connectivity index (χ2n) is 6.23. The summed E-state index contributed by atoms with van der Waals surface area (Å²) in [4.78, 5) is 0. The number of hydrogen-bond acceptors (Lipinski definition) is 1. The van der Waals surface area contributed by atoms with Crippen molar-refractivity contribution in [1.82, 2.24) is 0 Å². The Morgan fingerprint density at radius 1 is 0.654 bits per heavy atom. The molecule has 0 aromatic heterocycles. The molecular weight excluding hydrogens is 316 g/mol.